The predicted octanol–water partition coefficient (Wildman–Crippen LogP) is 4.25. The molecule has 134 valence electrons. The third-order valence-electron chi connectivity index (χ3n) is 3.99. The highest BCUT2D eigenvalue weighted by Crippen LogP contribution is 2.18. The smallest absolute Gasteiger partial charge is 0.260 e. The van der Waals surface area contributed by atoms with Crippen molar-refractivity contribution in [2.75, 3.05) is 20.3 Å². The first-order chi connectivity index (χ1) is 12.0. The Morgan fingerprint density at radius 2 is 1.52 bits per heavy atom. The second-order valence-corrected chi connectivity index (χ2v) is 6.34. The number of rotatable bonds is 8. The second-order valence-electron chi connectivity index (χ2n) is 6.34. The number of likely N-dealkylation sites (N-methyl/N-ethyl adjacent to an activating group) is 1. The lowest BCUT2D eigenvalue weighted by Gasteiger charge is -2.18. The van der Waals surface area contributed by atoms with Crippen LogP contribution >= 0.6 is 0 Å². The lowest BCUT2D eigenvalue weighted by atomic mass is 10.0. The number of benzene rings is 2. The molecule has 2 aromatic carbocycles. The second kappa shape index (κ2) is 9.11. The summed E-state index contributed by atoms with van der Waals surface area (Å²) in [5.41, 5.74) is 2.31. The van der Waals surface area contributed by atoms with Gasteiger partial charge < -0.3 is 14.4 Å². The van der Waals surface area contributed by atoms with Gasteiger partial charge >= 0.3 is 0 Å². The topological polar surface area (TPSA) is 38.8 Å². The molecule has 0 aliphatic heterocycles. The molecule has 0 N–H and O–H groups in total. The van der Waals surface area contributed by atoms with E-state index in [2.05, 4.69) is 13.8 Å². The minimum atomic E-state index is -0.0539. The van der Waals surface area contributed by atoms with Crippen molar-refractivity contribution in [3.8, 4) is 11.5 Å². The van der Waals surface area contributed by atoms with Crippen LogP contribution in [0.4, 0.5) is 0 Å². The van der Waals surface area contributed by atoms with Crippen molar-refractivity contribution in [3.63, 3.8) is 0 Å². The van der Waals surface area contributed by atoms with Crippen LogP contribution in [0.3, 0.4) is 0 Å². The molecule has 0 aliphatic carbocycles. The molecule has 2 rings (SSSR count). The van der Waals surface area contributed by atoms with Crippen molar-refractivity contribution in [1.82, 2.24) is 4.90 Å². The molecule has 0 saturated carbocycles. The van der Waals surface area contributed by atoms with E-state index in [1.165, 1.54) is 5.56 Å². The van der Waals surface area contributed by atoms with Gasteiger partial charge in [0.2, 0.25) is 0 Å². The maximum absolute atomic E-state index is 12.2. The molecule has 0 aromatic heterocycles. The van der Waals surface area contributed by atoms with Gasteiger partial charge in [-0.1, -0.05) is 38.1 Å². The van der Waals surface area contributed by atoms with Crippen LogP contribution in [-0.4, -0.2) is 31.1 Å². The number of nitrogens with zero attached hydrogens (tertiary/aromatic N) is 1. The fraction of sp³-hybridized carbons (Fsp3) is 0.381. The Kier molecular flexibility index (Phi) is 6.87. The van der Waals surface area contributed by atoms with Crippen molar-refractivity contribution < 1.29 is 14.3 Å². The molecule has 0 bridgehead atoms. The summed E-state index contributed by atoms with van der Waals surface area (Å²) in [7, 11) is 1.78. The number of carbonyl (C=O) groups is 1. The molecule has 0 atom stereocenters. The molecular weight excluding hydrogens is 314 g/mol. The highest BCUT2D eigenvalue weighted by Gasteiger charge is 2.10. The lowest BCUT2D eigenvalue weighted by Crippen LogP contribution is -2.30. The molecule has 25 heavy (non-hydrogen) atoms. The maximum atomic E-state index is 12.2. The molecule has 0 spiro atoms. The maximum Gasteiger partial charge on any atom is 0.260 e. The number of ether oxygens (including phenoxy) is 2. The van der Waals surface area contributed by atoms with E-state index in [9.17, 15) is 4.79 Å². The lowest BCUT2D eigenvalue weighted by molar-refractivity contribution is -0.132. The first-order valence-electron chi connectivity index (χ1n) is 8.68. The monoisotopic (exact) mass is 341 g/mol. The molecule has 0 radical (unpaired) electrons. The van der Waals surface area contributed by atoms with Gasteiger partial charge in [-0.3, -0.25) is 4.79 Å². The predicted molar refractivity (Wildman–Crippen MR) is 100 cm³/mol. The molecule has 4 nitrogen and oxygen atoms in total. The summed E-state index contributed by atoms with van der Waals surface area (Å²) in [6.07, 6.45) is 0. The van der Waals surface area contributed by atoms with Crippen molar-refractivity contribution in [2.24, 2.45) is 0 Å². The summed E-state index contributed by atoms with van der Waals surface area (Å²) in [6, 6.07) is 15.7. The number of amides is 1. The summed E-state index contributed by atoms with van der Waals surface area (Å²) >= 11 is 0. The van der Waals surface area contributed by atoms with Crippen LogP contribution in [-0.2, 0) is 11.3 Å². The largest absolute Gasteiger partial charge is 0.494 e. The van der Waals surface area contributed by atoms with Crippen molar-refractivity contribution in [1.29, 1.82) is 0 Å². The van der Waals surface area contributed by atoms with Gasteiger partial charge in [-0.15, -0.1) is 0 Å². The summed E-state index contributed by atoms with van der Waals surface area (Å²) in [5, 5.41) is 0. The Labute approximate surface area is 150 Å². The van der Waals surface area contributed by atoms with Crippen molar-refractivity contribution in [3.05, 3.63) is 59.7 Å². The van der Waals surface area contributed by atoms with Crippen LogP contribution in [0.15, 0.2) is 48.5 Å². The van der Waals surface area contributed by atoms with Gasteiger partial charge in [0, 0.05) is 13.6 Å². The fourth-order valence-electron chi connectivity index (χ4n) is 2.42. The van der Waals surface area contributed by atoms with Gasteiger partial charge in [-0.2, -0.15) is 0 Å². The number of hydrogen-bond donors (Lipinski definition) is 0. The van der Waals surface area contributed by atoms with Crippen LogP contribution in [0, 0.1) is 0 Å². The van der Waals surface area contributed by atoms with Crippen molar-refractivity contribution in [2.45, 2.75) is 33.2 Å². The quantitative estimate of drug-likeness (QED) is 0.721. The normalized spacial score (nSPS) is 10.6. The first kappa shape index (κ1) is 18.8. The Morgan fingerprint density at radius 1 is 0.960 bits per heavy atom. The summed E-state index contributed by atoms with van der Waals surface area (Å²) in [5.74, 6) is 1.98. The number of hydrogen-bond acceptors (Lipinski definition) is 3. The molecule has 0 heterocycles. The summed E-state index contributed by atoms with van der Waals surface area (Å²) < 4.78 is 11.0. The van der Waals surface area contributed by atoms with E-state index in [-0.39, 0.29) is 12.5 Å². The van der Waals surface area contributed by atoms with Crippen LogP contribution in [0.2, 0.25) is 0 Å². The average molecular weight is 341 g/mol. The molecule has 4 heteroatoms. The van der Waals surface area contributed by atoms with Gasteiger partial charge in [0.15, 0.2) is 6.61 Å². The Hall–Kier alpha value is -2.49. The number of carbonyl (C=O) groups excluding carboxylic acids is 1. The summed E-state index contributed by atoms with van der Waals surface area (Å²) in [6.45, 7) is 7.48. The molecule has 0 fully saturated rings. The van der Waals surface area contributed by atoms with Gasteiger partial charge in [0.1, 0.15) is 11.5 Å². The molecule has 0 aliphatic rings. The van der Waals surface area contributed by atoms with Gasteiger partial charge in [-0.05, 0) is 48.2 Å². The van der Waals surface area contributed by atoms with Gasteiger partial charge in [0.05, 0.1) is 6.61 Å². The Balaban J connectivity index is 1.83. The highest BCUT2D eigenvalue weighted by molar-refractivity contribution is 5.77. The highest BCUT2D eigenvalue weighted by atomic mass is 16.5. The van der Waals surface area contributed by atoms with E-state index in [1.54, 1.807) is 11.9 Å². The van der Waals surface area contributed by atoms with Crippen molar-refractivity contribution >= 4 is 5.91 Å². The SMILES string of the molecule is CCOc1ccc(CN(C)C(=O)COc2ccc(C(C)C)cc2)cc1. The van der Waals surface area contributed by atoms with Gasteiger partial charge in [-0.25, -0.2) is 0 Å². The van der Waals surface area contributed by atoms with E-state index in [0.717, 1.165) is 11.3 Å². The average Bonchev–Trinajstić information content (AvgIpc) is 2.61. The fourth-order valence-corrected chi connectivity index (χ4v) is 2.42. The third kappa shape index (κ3) is 5.82. The minimum absolute atomic E-state index is 0.0363. The molecule has 0 unspecified atom stereocenters. The molecule has 2 aromatic rings. The van der Waals surface area contributed by atoms with Crippen LogP contribution in [0.5, 0.6) is 11.5 Å². The molecular formula is C21H27NO3. The van der Waals surface area contributed by atoms with E-state index >= 15 is 0 Å². The zero-order chi connectivity index (χ0) is 18.2. The Bertz CT molecular complexity index is 663. The zero-order valence-electron chi connectivity index (χ0n) is 15.5. The molecule has 1 amide bonds. The van der Waals surface area contributed by atoms with E-state index in [4.69, 9.17) is 9.47 Å². The minimum Gasteiger partial charge on any atom is -0.494 e. The van der Waals surface area contributed by atoms with Crippen LogP contribution in [0.25, 0.3) is 0 Å². The summed E-state index contributed by atoms with van der Waals surface area (Å²) in [4.78, 5) is 13.9. The van der Waals surface area contributed by atoms with E-state index < -0.39 is 0 Å². The third-order valence-corrected chi connectivity index (χ3v) is 3.99. The van der Waals surface area contributed by atoms with E-state index in [1.807, 2.05) is 55.5 Å². The first-order valence-corrected chi connectivity index (χ1v) is 8.68. The standard InChI is InChI=1S/C21H27NO3/c1-5-24-19-10-6-17(7-11-19)14-22(4)21(23)15-25-20-12-8-18(9-13-20)16(2)3/h6-13,16H,5,14-15H2,1-4H3. The Morgan fingerprint density at radius 3 is 2.08 bits per heavy atom. The van der Waals surface area contributed by atoms with Gasteiger partial charge in [0.25, 0.3) is 5.91 Å². The van der Waals surface area contributed by atoms with Crippen LogP contribution in [0.1, 0.15) is 37.8 Å². The van der Waals surface area contributed by atoms with Crippen LogP contribution < -0.4 is 9.47 Å². The van der Waals surface area contributed by atoms with E-state index in [0.29, 0.717) is 24.8 Å². The zero-order valence-corrected chi connectivity index (χ0v) is 15.5. The molecule has 0 saturated heterocycles.